The number of rotatable bonds is 15. The molecule has 12 nitrogen and oxygen atoms in total. The van der Waals surface area contributed by atoms with Crippen molar-refractivity contribution in [3.05, 3.63) is 0 Å². The van der Waals surface area contributed by atoms with Crippen molar-refractivity contribution >= 4 is 41.4 Å². The van der Waals surface area contributed by atoms with Crippen molar-refractivity contribution in [3.8, 4) is 0 Å². The first-order valence-electron chi connectivity index (χ1n) is 10.1. The second-order valence-electron chi connectivity index (χ2n) is 7.68. The molecule has 0 bridgehead atoms. The number of hydrogen-bond donors (Lipinski definition) is 7. The summed E-state index contributed by atoms with van der Waals surface area (Å²) in [5, 5.41) is 34.7. The van der Waals surface area contributed by atoms with Crippen LogP contribution in [0.25, 0.3) is 0 Å². The number of carbonyl (C=O) groups is 5. The lowest BCUT2D eigenvalue weighted by molar-refractivity contribution is -0.145. The molecule has 8 N–H and O–H groups in total. The van der Waals surface area contributed by atoms with Gasteiger partial charge in [0.05, 0.1) is 12.1 Å². The van der Waals surface area contributed by atoms with Crippen molar-refractivity contribution in [3.63, 3.8) is 0 Å². The summed E-state index contributed by atoms with van der Waals surface area (Å²) in [6, 6.07) is -4.94. The summed E-state index contributed by atoms with van der Waals surface area (Å²) in [6.45, 7) is 4.40. The van der Waals surface area contributed by atoms with Crippen LogP contribution in [-0.2, 0) is 24.0 Å². The number of carbonyl (C=O) groups excluding carboxylic acids is 3. The van der Waals surface area contributed by atoms with Crippen LogP contribution in [0.1, 0.15) is 40.0 Å². The Morgan fingerprint density at radius 3 is 1.88 bits per heavy atom. The van der Waals surface area contributed by atoms with Crippen LogP contribution in [-0.4, -0.2) is 87.3 Å². The Hall–Kier alpha value is -2.38. The normalized spacial score (nSPS) is 15.7. The highest BCUT2D eigenvalue weighted by Crippen LogP contribution is 2.07. The maximum absolute atomic E-state index is 12.8. The Kier molecular flexibility index (Phi) is 13.5. The molecule has 0 aromatic heterocycles. The van der Waals surface area contributed by atoms with Gasteiger partial charge in [-0.2, -0.15) is 11.8 Å². The maximum atomic E-state index is 12.8. The molecule has 5 unspecified atom stereocenters. The molecule has 3 amide bonds. The Morgan fingerprint density at radius 1 is 0.875 bits per heavy atom. The van der Waals surface area contributed by atoms with Gasteiger partial charge in [-0.15, -0.1) is 0 Å². The molecule has 0 spiro atoms. The number of aliphatic hydroxyl groups is 1. The minimum absolute atomic E-state index is 0.236. The second kappa shape index (κ2) is 14.6. The summed E-state index contributed by atoms with van der Waals surface area (Å²) in [5.41, 5.74) is 5.80. The second-order valence-corrected chi connectivity index (χ2v) is 8.66. The van der Waals surface area contributed by atoms with E-state index in [0.717, 1.165) is 0 Å². The number of aliphatic hydroxyl groups excluding tert-OH is 1. The zero-order chi connectivity index (χ0) is 25.0. The van der Waals surface area contributed by atoms with E-state index >= 15 is 0 Å². The molecular formula is C19H34N4O8S. The zero-order valence-electron chi connectivity index (χ0n) is 18.7. The highest BCUT2D eigenvalue weighted by molar-refractivity contribution is 7.98. The molecule has 0 rings (SSSR count). The van der Waals surface area contributed by atoms with Gasteiger partial charge in [-0.3, -0.25) is 19.2 Å². The Labute approximate surface area is 191 Å². The van der Waals surface area contributed by atoms with E-state index in [9.17, 15) is 29.1 Å². The van der Waals surface area contributed by atoms with E-state index in [4.69, 9.17) is 15.9 Å². The van der Waals surface area contributed by atoms with Crippen LogP contribution in [0.3, 0.4) is 0 Å². The van der Waals surface area contributed by atoms with E-state index in [1.807, 2.05) is 6.26 Å². The average molecular weight is 479 g/mol. The molecule has 0 aromatic rings. The van der Waals surface area contributed by atoms with E-state index in [1.54, 1.807) is 13.8 Å². The minimum atomic E-state index is -1.59. The third-order valence-corrected chi connectivity index (χ3v) is 5.19. The molecule has 0 radical (unpaired) electrons. The molecule has 0 heterocycles. The van der Waals surface area contributed by atoms with Crippen LogP contribution in [0.2, 0.25) is 0 Å². The predicted octanol–water partition coefficient (Wildman–Crippen LogP) is -1.49. The maximum Gasteiger partial charge on any atom is 0.328 e. The standard InChI is InChI=1S/C19H34N4O8S/c1-9(2)14(18(29)23-15(10(3)24)19(30)31)22-17(28)12(5-6-13(25)26)21-16(27)11(20)7-8-32-4/h9-12,14-15,24H,5-8,20H2,1-4H3,(H,21,27)(H,22,28)(H,23,29)(H,25,26)(H,30,31). The third kappa shape index (κ3) is 10.8. The van der Waals surface area contributed by atoms with Crippen LogP contribution >= 0.6 is 11.8 Å². The van der Waals surface area contributed by atoms with Gasteiger partial charge in [0.1, 0.15) is 12.1 Å². The van der Waals surface area contributed by atoms with Crippen molar-refractivity contribution in [2.75, 3.05) is 12.0 Å². The summed E-state index contributed by atoms with van der Waals surface area (Å²) < 4.78 is 0. The largest absolute Gasteiger partial charge is 0.481 e. The number of thioether (sulfide) groups is 1. The molecule has 0 saturated heterocycles. The van der Waals surface area contributed by atoms with Crippen LogP contribution in [0.15, 0.2) is 0 Å². The molecule has 5 atom stereocenters. The molecule has 184 valence electrons. The van der Waals surface area contributed by atoms with Crippen LogP contribution in [0.4, 0.5) is 0 Å². The SMILES string of the molecule is CSCCC(N)C(=O)NC(CCC(=O)O)C(=O)NC(C(=O)NC(C(=O)O)C(C)O)C(C)C. The summed E-state index contributed by atoms with van der Waals surface area (Å²) >= 11 is 1.49. The van der Waals surface area contributed by atoms with Crippen molar-refractivity contribution in [1.29, 1.82) is 0 Å². The third-order valence-electron chi connectivity index (χ3n) is 4.54. The van der Waals surface area contributed by atoms with Crippen molar-refractivity contribution in [1.82, 2.24) is 16.0 Å². The van der Waals surface area contributed by atoms with E-state index in [-0.39, 0.29) is 6.42 Å². The predicted molar refractivity (Wildman–Crippen MR) is 118 cm³/mol. The van der Waals surface area contributed by atoms with Crippen LogP contribution < -0.4 is 21.7 Å². The van der Waals surface area contributed by atoms with Crippen molar-refractivity contribution in [2.45, 2.75) is 70.3 Å². The van der Waals surface area contributed by atoms with Crippen molar-refractivity contribution < 1.29 is 39.3 Å². The van der Waals surface area contributed by atoms with Gasteiger partial charge in [0, 0.05) is 6.42 Å². The number of aliphatic carboxylic acids is 2. The summed E-state index contributed by atoms with van der Waals surface area (Å²) in [5.74, 6) is -4.78. The first-order valence-corrected chi connectivity index (χ1v) is 11.5. The van der Waals surface area contributed by atoms with E-state index < -0.39 is 72.3 Å². The van der Waals surface area contributed by atoms with Crippen LogP contribution in [0, 0.1) is 5.92 Å². The Balaban J connectivity index is 5.43. The fraction of sp³-hybridized carbons (Fsp3) is 0.737. The lowest BCUT2D eigenvalue weighted by atomic mass is 10.0. The number of carboxylic acid groups (broad SMARTS) is 2. The Morgan fingerprint density at radius 2 is 1.44 bits per heavy atom. The monoisotopic (exact) mass is 478 g/mol. The fourth-order valence-corrected chi connectivity index (χ4v) is 3.10. The molecule has 13 heteroatoms. The van der Waals surface area contributed by atoms with Gasteiger partial charge >= 0.3 is 11.9 Å². The number of carboxylic acids is 2. The van der Waals surface area contributed by atoms with Gasteiger partial charge in [0.25, 0.3) is 0 Å². The first kappa shape index (κ1) is 29.6. The average Bonchev–Trinajstić information content (AvgIpc) is 2.69. The highest BCUT2D eigenvalue weighted by Gasteiger charge is 2.33. The van der Waals surface area contributed by atoms with E-state index in [1.165, 1.54) is 18.7 Å². The molecule has 0 aliphatic carbocycles. The number of hydrogen-bond acceptors (Lipinski definition) is 8. The summed E-state index contributed by atoms with van der Waals surface area (Å²) in [7, 11) is 0. The summed E-state index contributed by atoms with van der Waals surface area (Å²) in [6.07, 6.45) is 0.162. The molecular weight excluding hydrogens is 444 g/mol. The number of nitrogens with two attached hydrogens (primary N) is 1. The minimum Gasteiger partial charge on any atom is -0.481 e. The van der Waals surface area contributed by atoms with Gasteiger partial charge in [-0.1, -0.05) is 13.8 Å². The van der Waals surface area contributed by atoms with Gasteiger partial charge < -0.3 is 37.0 Å². The number of amides is 3. The number of nitrogens with one attached hydrogen (secondary N) is 3. The molecule has 0 fully saturated rings. The van der Waals surface area contributed by atoms with Gasteiger partial charge in [0.2, 0.25) is 17.7 Å². The lowest BCUT2D eigenvalue weighted by Gasteiger charge is -2.27. The van der Waals surface area contributed by atoms with E-state index in [0.29, 0.717) is 12.2 Å². The lowest BCUT2D eigenvalue weighted by Crippen LogP contribution is -2.59. The van der Waals surface area contributed by atoms with Crippen molar-refractivity contribution in [2.24, 2.45) is 11.7 Å². The fourth-order valence-electron chi connectivity index (χ4n) is 2.61. The van der Waals surface area contributed by atoms with Crippen LogP contribution in [0.5, 0.6) is 0 Å². The van der Waals surface area contributed by atoms with Gasteiger partial charge in [-0.25, -0.2) is 4.79 Å². The van der Waals surface area contributed by atoms with Gasteiger partial charge in [0.15, 0.2) is 6.04 Å². The Bertz CT molecular complexity index is 674. The smallest absolute Gasteiger partial charge is 0.328 e. The first-order chi connectivity index (χ1) is 14.8. The zero-order valence-corrected chi connectivity index (χ0v) is 19.5. The van der Waals surface area contributed by atoms with Gasteiger partial charge in [-0.05, 0) is 37.7 Å². The molecule has 0 aliphatic rings. The molecule has 0 aromatic carbocycles. The summed E-state index contributed by atoms with van der Waals surface area (Å²) in [4.78, 5) is 59.9. The van der Waals surface area contributed by atoms with E-state index in [2.05, 4.69) is 16.0 Å². The highest BCUT2D eigenvalue weighted by atomic mass is 32.2. The molecule has 32 heavy (non-hydrogen) atoms. The molecule has 0 aliphatic heterocycles. The molecule has 0 saturated carbocycles. The quantitative estimate of drug-likeness (QED) is 0.145. The topological polar surface area (TPSA) is 208 Å².